The summed E-state index contributed by atoms with van der Waals surface area (Å²) in [5.74, 6) is 0.723. The molecule has 0 aliphatic carbocycles. The highest BCUT2D eigenvalue weighted by Gasteiger charge is 2.00. The standard InChI is InChI=1S/C11H13O4/c1-2-13-11(12)15-9-8-14-10-6-4-3-5-7-10/h4-7H,2,8-9H2,1H3. The Labute approximate surface area is 88.8 Å². The van der Waals surface area contributed by atoms with Crippen molar-refractivity contribution < 1.29 is 19.0 Å². The first-order chi connectivity index (χ1) is 7.33. The lowest BCUT2D eigenvalue weighted by atomic mass is 10.3. The molecular formula is C11H13O4. The molecule has 0 amide bonds. The van der Waals surface area contributed by atoms with Gasteiger partial charge in [0.1, 0.15) is 19.0 Å². The highest BCUT2D eigenvalue weighted by atomic mass is 16.7. The Kier molecular flexibility index (Phi) is 5.08. The second-order valence-corrected chi connectivity index (χ2v) is 2.62. The van der Waals surface area contributed by atoms with Gasteiger partial charge in [-0.1, -0.05) is 12.1 Å². The SMILES string of the molecule is CCOC(=O)OCCOc1cc[c]cc1. The smallest absolute Gasteiger partial charge is 0.490 e. The molecule has 0 spiro atoms. The van der Waals surface area contributed by atoms with Gasteiger partial charge in [-0.05, 0) is 25.1 Å². The van der Waals surface area contributed by atoms with Crippen molar-refractivity contribution in [2.24, 2.45) is 0 Å². The highest BCUT2D eigenvalue weighted by Crippen LogP contribution is 2.07. The number of carbonyl (C=O) groups is 1. The predicted molar refractivity (Wildman–Crippen MR) is 53.7 cm³/mol. The molecule has 0 aliphatic rings. The van der Waals surface area contributed by atoms with Crippen molar-refractivity contribution in [2.75, 3.05) is 19.8 Å². The van der Waals surface area contributed by atoms with Crippen LogP contribution in [0.15, 0.2) is 24.3 Å². The minimum Gasteiger partial charge on any atom is -0.490 e. The lowest BCUT2D eigenvalue weighted by Crippen LogP contribution is -2.13. The van der Waals surface area contributed by atoms with Gasteiger partial charge in [-0.3, -0.25) is 0 Å². The van der Waals surface area contributed by atoms with E-state index >= 15 is 0 Å². The molecule has 1 aromatic rings. The lowest BCUT2D eigenvalue weighted by molar-refractivity contribution is 0.0495. The number of ether oxygens (including phenoxy) is 3. The monoisotopic (exact) mass is 209 g/mol. The van der Waals surface area contributed by atoms with Crippen molar-refractivity contribution in [3.8, 4) is 5.75 Å². The Morgan fingerprint density at radius 3 is 2.67 bits per heavy atom. The van der Waals surface area contributed by atoms with Gasteiger partial charge in [-0.25, -0.2) is 4.79 Å². The van der Waals surface area contributed by atoms with Gasteiger partial charge in [0.2, 0.25) is 0 Å². The molecule has 81 valence electrons. The largest absolute Gasteiger partial charge is 0.508 e. The highest BCUT2D eigenvalue weighted by molar-refractivity contribution is 5.59. The third-order valence-corrected chi connectivity index (χ3v) is 1.52. The first-order valence-electron chi connectivity index (χ1n) is 4.71. The van der Waals surface area contributed by atoms with Gasteiger partial charge in [0, 0.05) is 0 Å². The molecule has 4 nitrogen and oxygen atoms in total. The third kappa shape index (κ3) is 4.90. The van der Waals surface area contributed by atoms with E-state index < -0.39 is 6.16 Å². The van der Waals surface area contributed by atoms with Crippen LogP contribution in [0.3, 0.4) is 0 Å². The fourth-order valence-corrected chi connectivity index (χ4v) is 0.912. The number of hydrogen-bond acceptors (Lipinski definition) is 4. The fourth-order valence-electron chi connectivity index (χ4n) is 0.912. The summed E-state index contributed by atoms with van der Waals surface area (Å²) in [5.41, 5.74) is 0. The number of rotatable bonds is 5. The van der Waals surface area contributed by atoms with Gasteiger partial charge in [0.15, 0.2) is 0 Å². The Morgan fingerprint density at radius 2 is 2.00 bits per heavy atom. The molecule has 0 N–H and O–H groups in total. The maximum Gasteiger partial charge on any atom is 0.508 e. The predicted octanol–water partition coefficient (Wildman–Crippen LogP) is 2.04. The Bertz CT molecular complexity index is 284. The molecule has 15 heavy (non-hydrogen) atoms. The normalized spacial score (nSPS) is 9.40. The molecule has 0 saturated carbocycles. The minimum atomic E-state index is -0.664. The van der Waals surface area contributed by atoms with Crippen molar-refractivity contribution in [3.63, 3.8) is 0 Å². The summed E-state index contributed by atoms with van der Waals surface area (Å²) in [7, 11) is 0. The van der Waals surface area contributed by atoms with Crippen LogP contribution in [0.25, 0.3) is 0 Å². The van der Waals surface area contributed by atoms with Crippen molar-refractivity contribution >= 4 is 6.16 Å². The van der Waals surface area contributed by atoms with Crippen LogP contribution in [-0.4, -0.2) is 26.0 Å². The molecule has 0 atom stereocenters. The van der Waals surface area contributed by atoms with Crippen LogP contribution in [0.5, 0.6) is 5.75 Å². The molecule has 1 radical (unpaired) electrons. The maximum absolute atomic E-state index is 10.7. The maximum atomic E-state index is 10.7. The molecule has 0 fully saturated rings. The molecule has 4 heteroatoms. The van der Waals surface area contributed by atoms with E-state index in [1.807, 2.05) is 0 Å². The molecule has 0 saturated heterocycles. The summed E-state index contributed by atoms with van der Waals surface area (Å²) in [4.78, 5) is 10.7. The average molecular weight is 209 g/mol. The van der Waals surface area contributed by atoms with Crippen LogP contribution in [0.1, 0.15) is 6.92 Å². The number of benzene rings is 1. The zero-order valence-corrected chi connectivity index (χ0v) is 8.56. The van der Waals surface area contributed by atoms with Crippen LogP contribution in [0.2, 0.25) is 0 Å². The van der Waals surface area contributed by atoms with Crippen molar-refractivity contribution in [1.82, 2.24) is 0 Å². The van der Waals surface area contributed by atoms with E-state index in [0.717, 1.165) is 5.75 Å². The summed E-state index contributed by atoms with van der Waals surface area (Å²) in [6.07, 6.45) is -0.664. The van der Waals surface area contributed by atoms with E-state index in [9.17, 15) is 4.79 Å². The van der Waals surface area contributed by atoms with Gasteiger partial charge < -0.3 is 14.2 Å². The molecule has 0 aliphatic heterocycles. The molecule has 0 unspecified atom stereocenters. The van der Waals surface area contributed by atoms with Gasteiger partial charge in [0.25, 0.3) is 0 Å². The molecule has 0 aromatic heterocycles. The summed E-state index contributed by atoms with van der Waals surface area (Å²) < 4.78 is 14.6. The van der Waals surface area contributed by atoms with Crippen LogP contribution >= 0.6 is 0 Å². The van der Waals surface area contributed by atoms with Gasteiger partial charge >= 0.3 is 6.16 Å². The molecule has 0 bridgehead atoms. The average Bonchev–Trinajstić information content (AvgIpc) is 2.26. The Morgan fingerprint density at radius 1 is 1.27 bits per heavy atom. The van der Waals surface area contributed by atoms with Crippen LogP contribution < -0.4 is 4.74 Å². The Balaban J connectivity index is 2.10. The molecule has 1 rings (SSSR count). The topological polar surface area (TPSA) is 44.8 Å². The second-order valence-electron chi connectivity index (χ2n) is 2.62. The van der Waals surface area contributed by atoms with E-state index in [1.165, 1.54) is 0 Å². The van der Waals surface area contributed by atoms with Crippen LogP contribution in [0.4, 0.5) is 4.79 Å². The summed E-state index contributed by atoms with van der Waals surface area (Å²) in [6.45, 7) is 2.52. The number of carbonyl (C=O) groups excluding carboxylic acids is 1. The Hall–Kier alpha value is -1.71. The molecular weight excluding hydrogens is 196 g/mol. The second kappa shape index (κ2) is 6.70. The zero-order chi connectivity index (χ0) is 10.9. The molecule has 0 heterocycles. The summed E-state index contributed by atoms with van der Waals surface area (Å²) in [5, 5.41) is 0. The van der Waals surface area contributed by atoms with Crippen LogP contribution in [0, 0.1) is 6.07 Å². The summed E-state index contributed by atoms with van der Waals surface area (Å²) in [6, 6.07) is 9.94. The van der Waals surface area contributed by atoms with E-state index in [1.54, 1.807) is 31.2 Å². The molecule has 1 aromatic carbocycles. The van der Waals surface area contributed by atoms with E-state index in [0.29, 0.717) is 13.2 Å². The first-order valence-corrected chi connectivity index (χ1v) is 4.71. The van der Waals surface area contributed by atoms with Gasteiger partial charge in [-0.15, -0.1) is 0 Å². The van der Waals surface area contributed by atoms with Crippen molar-refractivity contribution in [1.29, 1.82) is 0 Å². The summed E-state index contributed by atoms with van der Waals surface area (Å²) >= 11 is 0. The number of hydrogen-bond donors (Lipinski definition) is 0. The lowest BCUT2D eigenvalue weighted by Gasteiger charge is -2.06. The van der Waals surface area contributed by atoms with Crippen molar-refractivity contribution in [2.45, 2.75) is 6.92 Å². The first kappa shape index (κ1) is 11.4. The van der Waals surface area contributed by atoms with Crippen LogP contribution in [-0.2, 0) is 9.47 Å². The van der Waals surface area contributed by atoms with E-state index in [-0.39, 0.29) is 6.61 Å². The third-order valence-electron chi connectivity index (χ3n) is 1.52. The quantitative estimate of drug-likeness (QED) is 0.550. The minimum absolute atomic E-state index is 0.178. The van der Waals surface area contributed by atoms with Gasteiger partial charge in [-0.2, -0.15) is 0 Å². The zero-order valence-electron chi connectivity index (χ0n) is 8.56. The fraction of sp³-hybridized carbons (Fsp3) is 0.364. The van der Waals surface area contributed by atoms with E-state index in [4.69, 9.17) is 9.47 Å². The van der Waals surface area contributed by atoms with Gasteiger partial charge in [0.05, 0.1) is 6.61 Å². The van der Waals surface area contributed by atoms with Crippen molar-refractivity contribution in [3.05, 3.63) is 30.3 Å². The van der Waals surface area contributed by atoms with E-state index in [2.05, 4.69) is 10.8 Å².